The van der Waals surface area contributed by atoms with E-state index in [9.17, 15) is 18.8 Å². The highest BCUT2D eigenvalue weighted by molar-refractivity contribution is 6.10. The van der Waals surface area contributed by atoms with Gasteiger partial charge < -0.3 is 14.4 Å². The molecule has 0 radical (unpaired) electrons. The van der Waals surface area contributed by atoms with Crippen LogP contribution >= 0.6 is 0 Å². The molecule has 1 aliphatic carbocycles. The molecule has 0 aromatic heterocycles. The summed E-state index contributed by atoms with van der Waals surface area (Å²) in [6.45, 7) is 2.04. The second kappa shape index (κ2) is 10.3. The van der Waals surface area contributed by atoms with E-state index in [1.807, 2.05) is 0 Å². The average molecular weight is 461 g/mol. The molecule has 2 heterocycles. The number of hydrogen-bond donors (Lipinski definition) is 0. The third-order valence-corrected chi connectivity index (χ3v) is 7.27. The van der Waals surface area contributed by atoms with Crippen molar-refractivity contribution >= 4 is 17.7 Å². The van der Waals surface area contributed by atoms with Gasteiger partial charge in [-0.3, -0.25) is 19.3 Å². The number of hydrogen-bond acceptors (Lipinski definition) is 5. The van der Waals surface area contributed by atoms with Crippen LogP contribution < -0.4 is 0 Å². The molecule has 1 aromatic rings. The summed E-state index contributed by atoms with van der Waals surface area (Å²) in [7, 11) is 1.49. The standard InChI is InChI=1S/C25H33FN2O5/c1-32-13-11-28-23(30)15-25(24(28)31,20-9-2-3-10-21(20)26)14-22(29)27(16-18-6-4-7-18)17-19-8-5-12-33-19/h2-3,9-10,18-19H,4-8,11-17H2,1H3/t19-,25+/m0/s1. The van der Waals surface area contributed by atoms with Gasteiger partial charge in [-0.1, -0.05) is 24.6 Å². The van der Waals surface area contributed by atoms with E-state index in [1.165, 1.54) is 19.2 Å². The molecule has 0 bridgehead atoms. The second-order valence-corrected chi connectivity index (χ2v) is 9.49. The number of carbonyl (C=O) groups is 3. The van der Waals surface area contributed by atoms with E-state index in [0.717, 1.165) is 37.0 Å². The summed E-state index contributed by atoms with van der Waals surface area (Å²) in [6.07, 6.45) is 4.71. The molecular formula is C25H33FN2O5. The Hall–Kier alpha value is -2.32. The van der Waals surface area contributed by atoms with Crippen molar-refractivity contribution in [2.75, 3.05) is 40.0 Å². The molecule has 3 aliphatic rings. The van der Waals surface area contributed by atoms with E-state index in [2.05, 4.69) is 0 Å². The van der Waals surface area contributed by atoms with Crippen LogP contribution in [0.5, 0.6) is 0 Å². The maximum atomic E-state index is 15.0. The van der Waals surface area contributed by atoms with Gasteiger partial charge in [-0.15, -0.1) is 0 Å². The van der Waals surface area contributed by atoms with Gasteiger partial charge >= 0.3 is 0 Å². The van der Waals surface area contributed by atoms with E-state index in [4.69, 9.17) is 9.47 Å². The number of methoxy groups -OCH3 is 1. The topological polar surface area (TPSA) is 76.2 Å². The molecule has 0 spiro atoms. The number of amides is 3. The summed E-state index contributed by atoms with van der Waals surface area (Å²) in [5.41, 5.74) is -1.43. The van der Waals surface area contributed by atoms with Crippen LogP contribution in [0.1, 0.15) is 50.5 Å². The van der Waals surface area contributed by atoms with Crippen molar-refractivity contribution < 1.29 is 28.2 Å². The van der Waals surface area contributed by atoms with Gasteiger partial charge in [0.25, 0.3) is 0 Å². The van der Waals surface area contributed by atoms with Gasteiger partial charge in [-0.2, -0.15) is 0 Å². The molecule has 3 fully saturated rings. The van der Waals surface area contributed by atoms with Crippen molar-refractivity contribution in [3.63, 3.8) is 0 Å². The highest BCUT2D eigenvalue weighted by atomic mass is 19.1. The van der Waals surface area contributed by atoms with Crippen LogP contribution in [0.25, 0.3) is 0 Å². The Labute approximate surface area is 194 Å². The normalized spacial score (nSPS) is 25.5. The summed E-state index contributed by atoms with van der Waals surface area (Å²) in [6, 6.07) is 5.97. The number of likely N-dealkylation sites (tertiary alicyclic amines) is 1. The third kappa shape index (κ3) is 4.96. The second-order valence-electron chi connectivity index (χ2n) is 9.49. The van der Waals surface area contributed by atoms with Crippen LogP contribution in [-0.4, -0.2) is 73.6 Å². The molecule has 1 aromatic carbocycles. The Kier molecular flexibility index (Phi) is 7.44. The van der Waals surface area contributed by atoms with Crippen LogP contribution in [0.3, 0.4) is 0 Å². The Morgan fingerprint density at radius 3 is 2.64 bits per heavy atom. The summed E-state index contributed by atoms with van der Waals surface area (Å²) < 4.78 is 25.8. The Morgan fingerprint density at radius 2 is 2.00 bits per heavy atom. The van der Waals surface area contributed by atoms with Crippen molar-refractivity contribution in [2.45, 2.75) is 56.5 Å². The lowest BCUT2D eigenvalue weighted by molar-refractivity contribution is -0.144. The summed E-state index contributed by atoms with van der Waals surface area (Å²) >= 11 is 0. The smallest absolute Gasteiger partial charge is 0.241 e. The van der Waals surface area contributed by atoms with Crippen LogP contribution in [-0.2, 0) is 29.3 Å². The van der Waals surface area contributed by atoms with Gasteiger partial charge in [0.1, 0.15) is 5.82 Å². The molecule has 0 N–H and O–H groups in total. The van der Waals surface area contributed by atoms with Gasteiger partial charge in [-0.25, -0.2) is 4.39 Å². The monoisotopic (exact) mass is 460 g/mol. The minimum absolute atomic E-state index is 0.0162. The number of nitrogens with zero attached hydrogens (tertiary/aromatic N) is 2. The SMILES string of the molecule is COCCN1C(=O)C[C@](CC(=O)N(CC2CCC2)C[C@@H]2CCCO2)(c2ccccc2F)C1=O. The minimum Gasteiger partial charge on any atom is -0.383 e. The first-order valence-electron chi connectivity index (χ1n) is 11.9. The van der Waals surface area contributed by atoms with Gasteiger partial charge in [0, 0.05) is 45.2 Å². The summed E-state index contributed by atoms with van der Waals surface area (Å²) in [4.78, 5) is 43.0. The molecule has 3 amide bonds. The predicted octanol–water partition coefficient (Wildman–Crippen LogP) is 2.67. The zero-order chi connectivity index (χ0) is 23.4. The van der Waals surface area contributed by atoms with Gasteiger partial charge in [0.15, 0.2) is 0 Å². The van der Waals surface area contributed by atoms with E-state index < -0.39 is 23.0 Å². The van der Waals surface area contributed by atoms with E-state index in [1.54, 1.807) is 17.0 Å². The summed E-state index contributed by atoms with van der Waals surface area (Å²) in [5, 5.41) is 0. The fourth-order valence-corrected chi connectivity index (χ4v) is 5.17. The molecule has 0 unspecified atom stereocenters. The zero-order valence-electron chi connectivity index (χ0n) is 19.3. The first-order valence-corrected chi connectivity index (χ1v) is 11.9. The Morgan fingerprint density at radius 1 is 1.21 bits per heavy atom. The van der Waals surface area contributed by atoms with Crippen molar-refractivity contribution in [1.82, 2.24) is 9.80 Å². The molecule has 2 saturated heterocycles. The van der Waals surface area contributed by atoms with Crippen LogP contribution in [0, 0.1) is 11.7 Å². The molecule has 4 rings (SSSR count). The molecule has 2 atom stereocenters. The average Bonchev–Trinajstić information content (AvgIpc) is 3.35. The number of halogens is 1. The molecule has 180 valence electrons. The first-order chi connectivity index (χ1) is 15.9. The Bertz CT molecular complexity index is 883. The molecule has 33 heavy (non-hydrogen) atoms. The van der Waals surface area contributed by atoms with E-state index >= 15 is 0 Å². The number of imide groups is 1. The van der Waals surface area contributed by atoms with Gasteiger partial charge in [0.2, 0.25) is 17.7 Å². The van der Waals surface area contributed by atoms with Crippen molar-refractivity contribution in [3.05, 3.63) is 35.6 Å². The fourth-order valence-electron chi connectivity index (χ4n) is 5.17. The molecule has 8 heteroatoms. The minimum atomic E-state index is -1.54. The summed E-state index contributed by atoms with van der Waals surface area (Å²) in [5.74, 6) is -1.29. The lowest BCUT2D eigenvalue weighted by Gasteiger charge is -2.36. The van der Waals surface area contributed by atoms with E-state index in [0.29, 0.717) is 25.6 Å². The quantitative estimate of drug-likeness (QED) is 0.502. The predicted molar refractivity (Wildman–Crippen MR) is 119 cm³/mol. The number of carbonyl (C=O) groups excluding carboxylic acids is 3. The molecular weight excluding hydrogens is 427 g/mol. The van der Waals surface area contributed by atoms with Gasteiger partial charge in [0.05, 0.1) is 24.7 Å². The zero-order valence-corrected chi connectivity index (χ0v) is 19.3. The van der Waals surface area contributed by atoms with Crippen LogP contribution in [0.15, 0.2) is 24.3 Å². The first kappa shape index (κ1) is 23.8. The Balaban J connectivity index is 1.62. The lowest BCUT2D eigenvalue weighted by atomic mass is 9.75. The highest BCUT2D eigenvalue weighted by Crippen LogP contribution is 2.41. The molecule has 2 aliphatic heterocycles. The molecule has 7 nitrogen and oxygen atoms in total. The van der Waals surface area contributed by atoms with Gasteiger partial charge in [-0.05, 0) is 37.7 Å². The largest absolute Gasteiger partial charge is 0.383 e. The molecule has 1 saturated carbocycles. The number of ether oxygens (including phenoxy) is 2. The van der Waals surface area contributed by atoms with Crippen molar-refractivity contribution in [3.8, 4) is 0 Å². The maximum absolute atomic E-state index is 15.0. The van der Waals surface area contributed by atoms with Crippen molar-refractivity contribution in [2.24, 2.45) is 5.92 Å². The fraction of sp³-hybridized carbons (Fsp3) is 0.640. The van der Waals surface area contributed by atoms with Crippen LogP contribution in [0.2, 0.25) is 0 Å². The third-order valence-electron chi connectivity index (χ3n) is 7.27. The number of benzene rings is 1. The lowest BCUT2D eigenvalue weighted by Crippen LogP contribution is -2.47. The van der Waals surface area contributed by atoms with Crippen LogP contribution in [0.4, 0.5) is 4.39 Å². The number of rotatable bonds is 10. The van der Waals surface area contributed by atoms with E-state index in [-0.39, 0.29) is 43.6 Å². The maximum Gasteiger partial charge on any atom is 0.241 e. The highest BCUT2D eigenvalue weighted by Gasteiger charge is 2.55. The van der Waals surface area contributed by atoms with Crippen molar-refractivity contribution in [1.29, 1.82) is 0 Å².